The Bertz CT molecular complexity index is 1120. The van der Waals surface area contributed by atoms with E-state index in [0.717, 1.165) is 5.75 Å². The van der Waals surface area contributed by atoms with Crippen molar-refractivity contribution in [3.05, 3.63) is 53.3 Å². The van der Waals surface area contributed by atoms with E-state index >= 15 is 0 Å². The Hall–Kier alpha value is -3.20. The Labute approximate surface area is 198 Å². The van der Waals surface area contributed by atoms with Gasteiger partial charge in [-0.15, -0.1) is 10.2 Å². The van der Waals surface area contributed by atoms with Crippen LogP contribution in [0.3, 0.4) is 0 Å². The molecule has 9 heteroatoms. The fourth-order valence-electron chi connectivity index (χ4n) is 3.28. The van der Waals surface area contributed by atoms with E-state index in [1.165, 1.54) is 22.9 Å². The normalized spacial score (nSPS) is 11.7. The van der Waals surface area contributed by atoms with Crippen molar-refractivity contribution in [1.82, 2.24) is 14.8 Å². The van der Waals surface area contributed by atoms with E-state index in [4.69, 9.17) is 14.2 Å². The maximum absolute atomic E-state index is 12.6. The first-order chi connectivity index (χ1) is 15.9. The zero-order valence-electron chi connectivity index (χ0n) is 19.8. The van der Waals surface area contributed by atoms with Gasteiger partial charge in [0.15, 0.2) is 17.1 Å². The summed E-state index contributed by atoms with van der Waals surface area (Å²) >= 11 is 1.32. The van der Waals surface area contributed by atoms with Gasteiger partial charge in [-0.3, -0.25) is 4.79 Å². The number of amides is 1. The van der Waals surface area contributed by atoms with Crippen LogP contribution in [0.2, 0.25) is 0 Å². The van der Waals surface area contributed by atoms with Crippen molar-refractivity contribution in [1.29, 1.82) is 0 Å². The molecule has 0 fully saturated rings. The molecule has 1 heterocycles. The number of aryl methyl sites for hydroxylation is 2. The molecule has 1 aromatic heterocycles. The molecule has 0 spiro atoms. The average Bonchev–Trinajstić information content (AvgIpc) is 3.23. The minimum Gasteiger partial charge on any atom is -0.497 e. The topological polar surface area (TPSA) is 87.5 Å². The lowest BCUT2D eigenvalue weighted by molar-refractivity contribution is -0.113. The number of rotatable bonds is 10. The van der Waals surface area contributed by atoms with Crippen LogP contribution in [0.15, 0.2) is 41.6 Å². The minimum absolute atomic E-state index is 0.172. The van der Waals surface area contributed by atoms with Crippen molar-refractivity contribution >= 4 is 23.4 Å². The van der Waals surface area contributed by atoms with Crippen LogP contribution in [-0.4, -0.2) is 40.6 Å². The fourth-order valence-corrected chi connectivity index (χ4v) is 4.09. The zero-order chi connectivity index (χ0) is 24.0. The Morgan fingerprint density at radius 2 is 1.82 bits per heavy atom. The number of carbonyl (C=O) groups excluding carboxylic acids is 1. The van der Waals surface area contributed by atoms with Crippen molar-refractivity contribution in [2.75, 3.05) is 25.3 Å². The molecule has 0 saturated heterocycles. The van der Waals surface area contributed by atoms with E-state index in [2.05, 4.69) is 29.4 Å². The third-order valence-corrected chi connectivity index (χ3v) is 6.20. The summed E-state index contributed by atoms with van der Waals surface area (Å²) in [7, 11) is 3.13. The maximum atomic E-state index is 12.6. The highest BCUT2D eigenvalue weighted by Gasteiger charge is 2.20. The van der Waals surface area contributed by atoms with Crippen LogP contribution < -0.4 is 19.5 Å². The number of carbonyl (C=O) groups is 1. The van der Waals surface area contributed by atoms with E-state index < -0.39 is 0 Å². The molecular weight excluding hydrogens is 440 g/mol. The number of ether oxygens (including phenoxy) is 3. The Balaban J connectivity index is 1.66. The maximum Gasteiger partial charge on any atom is 0.234 e. The number of hydrogen-bond acceptors (Lipinski definition) is 7. The van der Waals surface area contributed by atoms with Gasteiger partial charge in [0, 0.05) is 12.6 Å². The summed E-state index contributed by atoms with van der Waals surface area (Å²) in [6.45, 7) is 8.75. The number of aromatic nitrogens is 3. The standard InChI is InChI=1S/C24H30N4O4S/c1-7-28-23(17(4)32-19-9-8-15(2)16(3)12-19)26-27-24(28)33-14-22(29)25-20-13-18(30-5)10-11-21(20)31-6/h8-13,17H,7,14H2,1-6H3,(H,25,29). The molecule has 176 valence electrons. The third kappa shape index (κ3) is 5.98. The zero-order valence-corrected chi connectivity index (χ0v) is 20.7. The summed E-state index contributed by atoms with van der Waals surface area (Å²) in [6, 6.07) is 11.3. The van der Waals surface area contributed by atoms with E-state index in [9.17, 15) is 4.79 Å². The first kappa shape index (κ1) is 24.4. The molecule has 0 aliphatic rings. The molecule has 0 radical (unpaired) electrons. The van der Waals surface area contributed by atoms with Gasteiger partial charge in [-0.1, -0.05) is 17.8 Å². The average molecular weight is 471 g/mol. The van der Waals surface area contributed by atoms with Crippen molar-refractivity contribution < 1.29 is 19.0 Å². The van der Waals surface area contributed by atoms with E-state index in [1.54, 1.807) is 32.4 Å². The number of nitrogens with zero attached hydrogens (tertiary/aromatic N) is 3. The number of nitrogens with one attached hydrogen (secondary N) is 1. The van der Waals surface area contributed by atoms with Gasteiger partial charge >= 0.3 is 0 Å². The van der Waals surface area contributed by atoms with Crippen molar-refractivity contribution in [3.63, 3.8) is 0 Å². The van der Waals surface area contributed by atoms with Crippen LogP contribution in [0.4, 0.5) is 5.69 Å². The lowest BCUT2D eigenvalue weighted by Crippen LogP contribution is -2.16. The molecule has 0 aliphatic heterocycles. The van der Waals surface area contributed by atoms with Gasteiger partial charge < -0.3 is 24.1 Å². The summed E-state index contributed by atoms with van der Waals surface area (Å²) in [5.74, 6) is 2.69. The Kier molecular flexibility index (Phi) is 8.21. The smallest absolute Gasteiger partial charge is 0.234 e. The van der Waals surface area contributed by atoms with Gasteiger partial charge in [0.2, 0.25) is 5.91 Å². The summed E-state index contributed by atoms with van der Waals surface area (Å²) in [5.41, 5.74) is 2.94. The second kappa shape index (κ2) is 11.1. The largest absolute Gasteiger partial charge is 0.497 e. The summed E-state index contributed by atoms with van der Waals surface area (Å²) in [6.07, 6.45) is -0.288. The van der Waals surface area contributed by atoms with Gasteiger partial charge in [-0.2, -0.15) is 0 Å². The molecule has 1 atom stereocenters. The second-order valence-corrected chi connectivity index (χ2v) is 8.44. The first-order valence-electron chi connectivity index (χ1n) is 10.7. The van der Waals surface area contributed by atoms with Gasteiger partial charge in [0.25, 0.3) is 0 Å². The molecule has 3 rings (SSSR count). The number of methoxy groups -OCH3 is 2. The highest BCUT2D eigenvalue weighted by molar-refractivity contribution is 7.99. The lowest BCUT2D eigenvalue weighted by Gasteiger charge is -2.16. The number of thioether (sulfide) groups is 1. The monoisotopic (exact) mass is 470 g/mol. The van der Waals surface area contributed by atoms with E-state index in [1.807, 2.05) is 36.6 Å². The number of anilines is 1. The molecule has 1 amide bonds. The minimum atomic E-state index is -0.288. The van der Waals surface area contributed by atoms with E-state index in [0.29, 0.717) is 34.7 Å². The van der Waals surface area contributed by atoms with Gasteiger partial charge in [0.1, 0.15) is 17.2 Å². The molecular formula is C24H30N4O4S. The highest BCUT2D eigenvalue weighted by atomic mass is 32.2. The molecule has 0 aliphatic carbocycles. The van der Waals surface area contributed by atoms with Crippen molar-refractivity contribution in [2.45, 2.75) is 45.5 Å². The second-order valence-electron chi connectivity index (χ2n) is 7.49. The van der Waals surface area contributed by atoms with Crippen LogP contribution in [0.25, 0.3) is 0 Å². The molecule has 33 heavy (non-hydrogen) atoms. The first-order valence-corrected chi connectivity index (χ1v) is 11.7. The fraction of sp³-hybridized carbons (Fsp3) is 0.375. The van der Waals surface area contributed by atoms with Gasteiger partial charge in [-0.05, 0) is 63.1 Å². The summed E-state index contributed by atoms with van der Waals surface area (Å²) in [5, 5.41) is 12.2. The number of benzene rings is 2. The molecule has 8 nitrogen and oxygen atoms in total. The molecule has 2 aromatic carbocycles. The molecule has 3 aromatic rings. The number of hydrogen-bond donors (Lipinski definition) is 1. The Morgan fingerprint density at radius 1 is 1.06 bits per heavy atom. The van der Waals surface area contributed by atoms with Crippen LogP contribution in [0.1, 0.15) is 36.9 Å². The van der Waals surface area contributed by atoms with Crippen LogP contribution in [-0.2, 0) is 11.3 Å². The van der Waals surface area contributed by atoms with E-state index in [-0.39, 0.29) is 17.8 Å². The van der Waals surface area contributed by atoms with Gasteiger partial charge in [0.05, 0.1) is 25.7 Å². The highest BCUT2D eigenvalue weighted by Crippen LogP contribution is 2.30. The Morgan fingerprint density at radius 3 is 2.48 bits per heavy atom. The van der Waals surface area contributed by atoms with Crippen LogP contribution >= 0.6 is 11.8 Å². The molecule has 0 saturated carbocycles. The summed E-state index contributed by atoms with van der Waals surface area (Å²) < 4.78 is 18.6. The quantitative estimate of drug-likeness (QED) is 0.426. The van der Waals surface area contributed by atoms with Crippen molar-refractivity contribution in [3.8, 4) is 17.2 Å². The van der Waals surface area contributed by atoms with Crippen LogP contribution in [0.5, 0.6) is 17.2 Å². The predicted molar refractivity (Wildman–Crippen MR) is 130 cm³/mol. The summed E-state index contributed by atoms with van der Waals surface area (Å²) in [4.78, 5) is 12.6. The molecule has 1 unspecified atom stereocenters. The third-order valence-electron chi connectivity index (χ3n) is 5.23. The molecule has 0 bridgehead atoms. The van der Waals surface area contributed by atoms with Crippen LogP contribution in [0, 0.1) is 13.8 Å². The SMILES string of the molecule is CCn1c(SCC(=O)Nc2cc(OC)ccc2OC)nnc1C(C)Oc1ccc(C)c(C)c1. The molecule has 1 N–H and O–H groups in total. The van der Waals surface area contributed by atoms with Crippen molar-refractivity contribution in [2.24, 2.45) is 0 Å². The predicted octanol–water partition coefficient (Wildman–Crippen LogP) is 4.80. The lowest BCUT2D eigenvalue weighted by atomic mass is 10.1. The van der Waals surface area contributed by atoms with Gasteiger partial charge in [-0.25, -0.2) is 0 Å².